The third kappa shape index (κ3) is 3.72. The maximum Gasteiger partial charge on any atom is 0.227 e. The summed E-state index contributed by atoms with van der Waals surface area (Å²) in [5.74, 6) is 0.997. The molecule has 1 fully saturated rings. The number of carbonyl (C=O) groups excluding carboxylic acids is 1. The van der Waals surface area contributed by atoms with E-state index in [2.05, 4.69) is 25.2 Å². The number of nitrogens with one attached hydrogen (secondary N) is 1. The monoisotopic (exact) mass is 365 g/mol. The number of piperidine rings is 1. The van der Waals surface area contributed by atoms with E-state index in [1.807, 2.05) is 29.6 Å². The number of hydrogen-bond donors (Lipinski definition) is 1. The Morgan fingerprint density at radius 2 is 1.88 bits per heavy atom. The van der Waals surface area contributed by atoms with Gasteiger partial charge < -0.3 is 10.2 Å². The van der Waals surface area contributed by atoms with Crippen molar-refractivity contribution in [3.05, 3.63) is 54.4 Å². The maximum atomic E-state index is 12.6. The van der Waals surface area contributed by atoms with Gasteiger partial charge in [0.1, 0.15) is 10.8 Å². The summed E-state index contributed by atoms with van der Waals surface area (Å²) in [6.45, 7) is 1.64. The SMILES string of the molecule is O=C(Nc1ccc(-c2nccs2)cc1)C1CCN(c2cnccn2)CC1. The molecule has 132 valence electrons. The van der Waals surface area contributed by atoms with Crippen LogP contribution in [0.2, 0.25) is 0 Å². The highest BCUT2D eigenvalue weighted by Gasteiger charge is 2.25. The van der Waals surface area contributed by atoms with Crippen molar-refractivity contribution in [1.29, 1.82) is 0 Å². The predicted molar refractivity (Wildman–Crippen MR) is 103 cm³/mol. The third-order valence-electron chi connectivity index (χ3n) is 4.57. The first-order valence-corrected chi connectivity index (χ1v) is 9.49. The van der Waals surface area contributed by atoms with E-state index in [-0.39, 0.29) is 11.8 Å². The molecule has 7 heteroatoms. The fourth-order valence-corrected chi connectivity index (χ4v) is 3.78. The molecule has 1 aliphatic heterocycles. The zero-order valence-electron chi connectivity index (χ0n) is 14.2. The first-order chi connectivity index (χ1) is 12.8. The zero-order valence-corrected chi connectivity index (χ0v) is 15.0. The molecule has 1 saturated heterocycles. The lowest BCUT2D eigenvalue weighted by atomic mass is 9.96. The second-order valence-corrected chi connectivity index (χ2v) is 7.12. The molecule has 3 aromatic rings. The van der Waals surface area contributed by atoms with Gasteiger partial charge in [0, 0.05) is 54.2 Å². The van der Waals surface area contributed by atoms with Gasteiger partial charge in [-0.15, -0.1) is 11.3 Å². The van der Waals surface area contributed by atoms with Gasteiger partial charge in [-0.05, 0) is 37.1 Å². The van der Waals surface area contributed by atoms with Crippen LogP contribution < -0.4 is 10.2 Å². The highest BCUT2D eigenvalue weighted by atomic mass is 32.1. The molecule has 0 spiro atoms. The van der Waals surface area contributed by atoms with Crippen LogP contribution in [0.4, 0.5) is 11.5 Å². The number of benzene rings is 1. The first-order valence-electron chi connectivity index (χ1n) is 8.61. The van der Waals surface area contributed by atoms with E-state index >= 15 is 0 Å². The second kappa shape index (κ2) is 7.61. The van der Waals surface area contributed by atoms with Gasteiger partial charge in [0.25, 0.3) is 0 Å². The second-order valence-electron chi connectivity index (χ2n) is 6.23. The minimum absolute atomic E-state index is 0.0292. The van der Waals surface area contributed by atoms with E-state index in [0.717, 1.165) is 48.0 Å². The molecule has 0 saturated carbocycles. The van der Waals surface area contributed by atoms with Crippen molar-refractivity contribution in [3.8, 4) is 10.6 Å². The van der Waals surface area contributed by atoms with E-state index in [1.54, 1.807) is 36.1 Å². The van der Waals surface area contributed by atoms with Crippen LogP contribution in [0.1, 0.15) is 12.8 Å². The smallest absolute Gasteiger partial charge is 0.227 e. The lowest BCUT2D eigenvalue weighted by molar-refractivity contribution is -0.120. The quantitative estimate of drug-likeness (QED) is 0.767. The van der Waals surface area contributed by atoms with Crippen molar-refractivity contribution >= 4 is 28.7 Å². The van der Waals surface area contributed by atoms with Crippen molar-refractivity contribution in [2.45, 2.75) is 12.8 Å². The maximum absolute atomic E-state index is 12.6. The van der Waals surface area contributed by atoms with E-state index in [0.29, 0.717) is 0 Å². The molecule has 0 unspecified atom stereocenters. The van der Waals surface area contributed by atoms with Gasteiger partial charge in [-0.2, -0.15) is 0 Å². The summed E-state index contributed by atoms with van der Waals surface area (Å²) < 4.78 is 0. The molecule has 1 aromatic carbocycles. The minimum atomic E-state index is 0.0292. The highest BCUT2D eigenvalue weighted by molar-refractivity contribution is 7.13. The Kier molecular flexibility index (Phi) is 4.88. The fourth-order valence-electron chi connectivity index (χ4n) is 3.13. The van der Waals surface area contributed by atoms with Crippen molar-refractivity contribution < 1.29 is 4.79 Å². The van der Waals surface area contributed by atoms with Crippen LogP contribution in [0.5, 0.6) is 0 Å². The fraction of sp³-hybridized carbons (Fsp3) is 0.263. The molecule has 0 aliphatic carbocycles. The summed E-state index contributed by atoms with van der Waals surface area (Å²) in [6, 6.07) is 7.85. The summed E-state index contributed by atoms with van der Waals surface area (Å²) in [7, 11) is 0. The molecular weight excluding hydrogens is 346 g/mol. The lowest BCUT2D eigenvalue weighted by Gasteiger charge is -2.31. The summed E-state index contributed by atoms with van der Waals surface area (Å²) >= 11 is 1.60. The zero-order chi connectivity index (χ0) is 17.8. The van der Waals surface area contributed by atoms with E-state index in [1.165, 1.54) is 0 Å². The Morgan fingerprint density at radius 3 is 2.54 bits per heavy atom. The summed E-state index contributed by atoms with van der Waals surface area (Å²) in [4.78, 5) is 27.5. The van der Waals surface area contributed by atoms with Crippen molar-refractivity contribution in [2.24, 2.45) is 5.92 Å². The molecule has 2 aromatic heterocycles. The highest BCUT2D eigenvalue weighted by Crippen LogP contribution is 2.25. The Hall–Kier alpha value is -2.80. The molecule has 1 N–H and O–H groups in total. The Bertz CT molecular complexity index is 843. The van der Waals surface area contributed by atoms with Crippen LogP contribution in [0.15, 0.2) is 54.4 Å². The third-order valence-corrected chi connectivity index (χ3v) is 5.39. The number of amides is 1. The number of thiazole rings is 1. The van der Waals surface area contributed by atoms with Crippen molar-refractivity contribution in [3.63, 3.8) is 0 Å². The molecular formula is C19H19N5OS. The Morgan fingerprint density at radius 1 is 1.08 bits per heavy atom. The summed E-state index contributed by atoms with van der Waals surface area (Å²) in [5, 5.41) is 5.98. The molecule has 3 heterocycles. The van der Waals surface area contributed by atoms with Crippen LogP contribution in [-0.4, -0.2) is 33.9 Å². The van der Waals surface area contributed by atoms with Gasteiger partial charge in [0.05, 0.1) is 6.20 Å². The van der Waals surface area contributed by atoms with E-state index in [9.17, 15) is 4.79 Å². The summed E-state index contributed by atoms with van der Waals surface area (Å²) in [6.07, 6.45) is 8.57. The van der Waals surface area contributed by atoms with Gasteiger partial charge in [-0.3, -0.25) is 9.78 Å². The number of anilines is 2. The van der Waals surface area contributed by atoms with Crippen LogP contribution in [0, 0.1) is 5.92 Å². The predicted octanol–water partition coefficient (Wildman–Crippen LogP) is 3.46. The minimum Gasteiger partial charge on any atom is -0.355 e. The molecule has 0 bridgehead atoms. The average molecular weight is 365 g/mol. The molecule has 0 radical (unpaired) electrons. The van der Waals surface area contributed by atoms with E-state index in [4.69, 9.17) is 0 Å². The Balaban J connectivity index is 1.33. The van der Waals surface area contributed by atoms with Gasteiger partial charge in [0.15, 0.2) is 0 Å². The van der Waals surface area contributed by atoms with Crippen LogP contribution in [-0.2, 0) is 4.79 Å². The Labute approximate surface area is 155 Å². The number of rotatable bonds is 4. The first kappa shape index (κ1) is 16.7. The standard InChI is InChI=1S/C19H19N5OS/c25-18(14-5-10-24(11-6-14)17-13-20-7-8-21-17)23-16-3-1-15(2-4-16)19-22-9-12-26-19/h1-4,7-9,12-14H,5-6,10-11H2,(H,23,25). The molecule has 1 aliphatic rings. The van der Waals surface area contributed by atoms with Crippen molar-refractivity contribution in [2.75, 3.05) is 23.3 Å². The van der Waals surface area contributed by atoms with Crippen LogP contribution in [0.25, 0.3) is 10.6 Å². The number of hydrogen-bond acceptors (Lipinski definition) is 6. The molecule has 6 nitrogen and oxygen atoms in total. The topological polar surface area (TPSA) is 71.0 Å². The van der Waals surface area contributed by atoms with Crippen LogP contribution >= 0.6 is 11.3 Å². The van der Waals surface area contributed by atoms with Gasteiger partial charge in [0.2, 0.25) is 5.91 Å². The number of carbonyl (C=O) groups is 1. The molecule has 1 amide bonds. The van der Waals surface area contributed by atoms with Gasteiger partial charge in [-0.25, -0.2) is 9.97 Å². The van der Waals surface area contributed by atoms with Gasteiger partial charge in [-0.1, -0.05) is 0 Å². The molecule has 4 rings (SSSR count). The number of aromatic nitrogens is 3. The normalized spacial score (nSPS) is 15.0. The van der Waals surface area contributed by atoms with E-state index < -0.39 is 0 Å². The lowest BCUT2D eigenvalue weighted by Crippen LogP contribution is -2.38. The largest absolute Gasteiger partial charge is 0.355 e. The van der Waals surface area contributed by atoms with Crippen LogP contribution in [0.3, 0.4) is 0 Å². The molecule has 26 heavy (non-hydrogen) atoms. The molecule has 0 atom stereocenters. The summed E-state index contributed by atoms with van der Waals surface area (Å²) in [5.41, 5.74) is 1.89. The van der Waals surface area contributed by atoms with Gasteiger partial charge >= 0.3 is 0 Å². The average Bonchev–Trinajstić information content (AvgIpc) is 3.24. The number of nitrogens with zero attached hydrogens (tertiary/aromatic N) is 4. The van der Waals surface area contributed by atoms with Crippen molar-refractivity contribution in [1.82, 2.24) is 15.0 Å².